The van der Waals surface area contributed by atoms with Crippen LogP contribution in [-0.2, 0) is 19.5 Å². The molecule has 0 atom stereocenters. The van der Waals surface area contributed by atoms with Gasteiger partial charge in [-0.25, -0.2) is 4.98 Å². The largest absolute Gasteiger partial charge is 0.347 e. The highest BCUT2D eigenvalue weighted by Crippen LogP contribution is 2.27. The molecule has 0 aliphatic carbocycles. The molecule has 1 aliphatic rings. The number of carbonyl (C=O) groups is 2. The number of pyridine rings is 1. The molecular weight excluding hydrogens is 470 g/mol. The smallest absolute Gasteiger partial charge is 0.263 e. The van der Waals surface area contributed by atoms with Crippen LogP contribution in [0.3, 0.4) is 0 Å². The van der Waals surface area contributed by atoms with Crippen molar-refractivity contribution in [3.05, 3.63) is 99.8 Å². The topological polar surface area (TPSA) is 87.2 Å². The molecule has 2 aromatic heterocycles. The van der Waals surface area contributed by atoms with E-state index in [9.17, 15) is 9.59 Å². The number of carbonyl (C=O) groups excluding carboxylic acids is 2. The number of anilines is 1. The van der Waals surface area contributed by atoms with E-state index in [0.29, 0.717) is 22.7 Å². The Labute approximate surface area is 214 Å². The number of amides is 2. The lowest BCUT2D eigenvalue weighted by atomic mass is 9.99. The number of hydrogen-bond acceptors (Lipinski definition) is 6. The van der Waals surface area contributed by atoms with Crippen molar-refractivity contribution >= 4 is 28.8 Å². The van der Waals surface area contributed by atoms with E-state index in [4.69, 9.17) is 0 Å². The summed E-state index contributed by atoms with van der Waals surface area (Å²) in [6.07, 6.45) is 4.44. The molecule has 0 bridgehead atoms. The molecule has 7 nitrogen and oxygen atoms in total. The number of nitrogens with zero attached hydrogens (tertiary/aromatic N) is 3. The van der Waals surface area contributed by atoms with E-state index < -0.39 is 0 Å². The van der Waals surface area contributed by atoms with Crippen molar-refractivity contribution in [3.8, 4) is 10.6 Å². The first kappa shape index (κ1) is 23.8. The summed E-state index contributed by atoms with van der Waals surface area (Å²) in [6.45, 7) is 4.08. The first-order valence-electron chi connectivity index (χ1n) is 11.8. The number of fused-ring (bicyclic) bond motifs is 1. The Bertz CT molecular complexity index is 1420. The van der Waals surface area contributed by atoms with Crippen molar-refractivity contribution < 1.29 is 9.59 Å². The SMILES string of the molecule is Cc1nc(-c2ccncc2)sc1C(=O)NCc1cccc(C(=O)Nc2ccc3c(c2)CN(C)CC3)c1. The van der Waals surface area contributed by atoms with Crippen molar-refractivity contribution in [1.29, 1.82) is 0 Å². The molecule has 2 N–H and O–H groups in total. The van der Waals surface area contributed by atoms with Crippen LogP contribution < -0.4 is 10.6 Å². The predicted octanol–water partition coefficient (Wildman–Crippen LogP) is 4.68. The zero-order valence-electron chi connectivity index (χ0n) is 20.2. The minimum atomic E-state index is -0.181. The summed E-state index contributed by atoms with van der Waals surface area (Å²) in [4.78, 5) is 37.2. The molecule has 0 unspecified atom stereocenters. The van der Waals surface area contributed by atoms with Crippen LogP contribution in [0.15, 0.2) is 67.0 Å². The predicted molar refractivity (Wildman–Crippen MR) is 142 cm³/mol. The van der Waals surface area contributed by atoms with Crippen molar-refractivity contribution in [2.24, 2.45) is 0 Å². The van der Waals surface area contributed by atoms with Crippen molar-refractivity contribution in [2.45, 2.75) is 26.4 Å². The third-order valence-electron chi connectivity index (χ3n) is 6.24. The number of nitrogens with one attached hydrogen (secondary N) is 2. The van der Waals surface area contributed by atoms with Crippen LogP contribution in [0.25, 0.3) is 10.6 Å². The van der Waals surface area contributed by atoms with Gasteiger partial charge in [0, 0.05) is 48.8 Å². The highest BCUT2D eigenvalue weighted by molar-refractivity contribution is 7.17. The molecule has 0 radical (unpaired) electrons. The van der Waals surface area contributed by atoms with Gasteiger partial charge in [0.2, 0.25) is 0 Å². The second-order valence-corrected chi connectivity index (χ2v) is 9.98. The second-order valence-electron chi connectivity index (χ2n) is 8.98. The molecule has 4 aromatic rings. The van der Waals surface area contributed by atoms with Gasteiger partial charge in [-0.15, -0.1) is 11.3 Å². The molecule has 8 heteroatoms. The maximum Gasteiger partial charge on any atom is 0.263 e. The Balaban J connectivity index is 1.23. The van der Waals surface area contributed by atoms with Gasteiger partial charge in [-0.3, -0.25) is 14.6 Å². The Kier molecular flexibility index (Phi) is 6.88. The summed E-state index contributed by atoms with van der Waals surface area (Å²) in [5, 5.41) is 6.75. The van der Waals surface area contributed by atoms with Crippen LogP contribution >= 0.6 is 11.3 Å². The fourth-order valence-corrected chi connectivity index (χ4v) is 5.28. The van der Waals surface area contributed by atoms with Gasteiger partial charge in [-0.1, -0.05) is 18.2 Å². The van der Waals surface area contributed by atoms with Crippen LogP contribution in [-0.4, -0.2) is 40.3 Å². The Morgan fingerprint density at radius 1 is 1.03 bits per heavy atom. The molecule has 36 heavy (non-hydrogen) atoms. The maximum absolute atomic E-state index is 12.9. The maximum atomic E-state index is 12.9. The quantitative estimate of drug-likeness (QED) is 0.404. The number of likely N-dealkylation sites (N-methyl/N-ethyl adjacent to an activating group) is 1. The van der Waals surface area contributed by atoms with E-state index in [-0.39, 0.29) is 11.8 Å². The lowest BCUT2D eigenvalue weighted by Crippen LogP contribution is -2.26. The monoisotopic (exact) mass is 497 g/mol. The highest BCUT2D eigenvalue weighted by atomic mass is 32.1. The summed E-state index contributed by atoms with van der Waals surface area (Å²) in [7, 11) is 2.11. The van der Waals surface area contributed by atoms with E-state index in [1.54, 1.807) is 18.5 Å². The van der Waals surface area contributed by atoms with Crippen LogP contribution in [0.4, 0.5) is 5.69 Å². The number of thiazole rings is 1. The van der Waals surface area contributed by atoms with Gasteiger partial charge in [-0.2, -0.15) is 0 Å². The van der Waals surface area contributed by atoms with Gasteiger partial charge in [0.05, 0.1) is 5.69 Å². The first-order chi connectivity index (χ1) is 17.5. The van der Waals surface area contributed by atoms with Gasteiger partial charge in [0.15, 0.2) is 0 Å². The third-order valence-corrected chi connectivity index (χ3v) is 7.44. The van der Waals surface area contributed by atoms with Crippen LogP contribution in [0, 0.1) is 6.92 Å². The van der Waals surface area contributed by atoms with Crippen molar-refractivity contribution in [2.75, 3.05) is 18.9 Å². The average Bonchev–Trinajstić information content (AvgIpc) is 3.29. The Hall–Kier alpha value is -3.88. The summed E-state index contributed by atoms with van der Waals surface area (Å²) in [6, 6.07) is 17.2. The van der Waals surface area contributed by atoms with Gasteiger partial charge in [0.25, 0.3) is 11.8 Å². The van der Waals surface area contributed by atoms with E-state index in [2.05, 4.69) is 44.7 Å². The highest BCUT2D eigenvalue weighted by Gasteiger charge is 2.17. The van der Waals surface area contributed by atoms with Gasteiger partial charge < -0.3 is 15.5 Å². The fourth-order valence-electron chi connectivity index (χ4n) is 4.29. The minimum absolute atomic E-state index is 0.174. The molecule has 0 saturated carbocycles. The normalized spacial score (nSPS) is 13.2. The van der Waals surface area contributed by atoms with Gasteiger partial charge in [0.1, 0.15) is 9.88 Å². The van der Waals surface area contributed by atoms with Crippen LogP contribution in [0.1, 0.15) is 42.4 Å². The van der Waals surface area contributed by atoms with Crippen molar-refractivity contribution in [3.63, 3.8) is 0 Å². The molecule has 1 aliphatic heterocycles. The third kappa shape index (κ3) is 5.35. The second kappa shape index (κ2) is 10.4. The minimum Gasteiger partial charge on any atom is -0.347 e. The van der Waals surface area contributed by atoms with Crippen LogP contribution in [0.5, 0.6) is 0 Å². The molecule has 0 fully saturated rings. The lowest BCUT2D eigenvalue weighted by molar-refractivity contribution is 0.0953. The molecule has 3 heterocycles. The Morgan fingerprint density at radius 2 is 1.86 bits per heavy atom. The van der Waals surface area contributed by atoms with Gasteiger partial charge >= 0.3 is 0 Å². The zero-order valence-corrected chi connectivity index (χ0v) is 21.1. The molecular formula is C28H27N5O2S. The number of benzene rings is 2. The Morgan fingerprint density at radius 3 is 2.69 bits per heavy atom. The summed E-state index contributed by atoms with van der Waals surface area (Å²) in [5.74, 6) is -0.355. The molecule has 0 spiro atoms. The summed E-state index contributed by atoms with van der Waals surface area (Å²) < 4.78 is 0. The van der Waals surface area contributed by atoms with E-state index in [1.807, 2.05) is 43.3 Å². The molecule has 2 amide bonds. The standard InChI is InChI=1S/C28H27N5O2S/c1-18-25(36-28(31-18)21-8-11-29-12-9-21)27(35)30-16-19-4-3-5-22(14-19)26(34)32-24-7-6-20-10-13-33(2)17-23(20)15-24/h3-9,11-12,14-15H,10,13,16-17H2,1-2H3,(H,30,35)(H,32,34). The summed E-state index contributed by atoms with van der Waals surface area (Å²) in [5.41, 5.74) is 6.40. The molecule has 182 valence electrons. The van der Waals surface area contributed by atoms with E-state index >= 15 is 0 Å². The van der Waals surface area contributed by atoms with E-state index in [1.165, 1.54) is 22.5 Å². The molecule has 0 saturated heterocycles. The molecule has 5 rings (SSSR count). The number of aromatic nitrogens is 2. The fraction of sp³-hybridized carbons (Fsp3) is 0.214. The lowest BCUT2D eigenvalue weighted by Gasteiger charge is -2.25. The number of aryl methyl sites for hydroxylation is 1. The average molecular weight is 498 g/mol. The van der Waals surface area contributed by atoms with E-state index in [0.717, 1.165) is 41.3 Å². The van der Waals surface area contributed by atoms with Crippen LogP contribution in [0.2, 0.25) is 0 Å². The zero-order chi connectivity index (χ0) is 25.1. The number of hydrogen-bond donors (Lipinski definition) is 2. The number of rotatable bonds is 6. The first-order valence-corrected chi connectivity index (χ1v) is 12.6. The summed E-state index contributed by atoms with van der Waals surface area (Å²) >= 11 is 1.36. The van der Waals surface area contributed by atoms with Crippen molar-refractivity contribution in [1.82, 2.24) is 20.2 Å². The molecule has 2 aromatic carbocycles. The van der Waals surface area contributed by atoms with Gasteiger partial charge in [-0.05, 0) is 73.5 Å².